The number of anilines is 1. The second kappa shape index (κ2) is 5.73. The third-order valence-corrected chi connectivity index (χ3v) is 4.55. The van der Waals surface area contributed by atoms with E-state index in [0.29, 0.717) is 5.95 Å². The monoisotopic (exact) mass is 373 g/mol. The minimum Gasteiger partial charge on any atom is -0.346 e. The van der Waals surface area contributed by atoms with Gasteiger partial charge in [0.15, 0.2) is 0 Å². The number of halogens is 2. The molecule has 23 heavy (non-hydrogen) atoms. The fourth-order valence-electron chi connectivity index (χ4n) is 2.94. The molecule has 5 nitrogen and oxygen atoms in total. The van der Waals surface area contributed by atoms with Crippen molar-refractivity contribution in [2.45, 2.75) is 18.5 Å². The van der Waals surface area contributed by atoms with Crippen LogP contribution in [0.3, 0.4) is 0 Å². The SMILES string of the molecule is Fc1ccc(C2CC(c3cccc(Br)c3)Nc3nnnn32)cc1. The lowest BCUT2D eigenvalue weighted by Crippen LogP contribution is -2.28. The van der Waals surface area contributed by atoms with Crippen molar-refractivity contribution in [1.82, 2.24) is 20.2 Å². The second-order valence-electron chi connectivity index (χ2n) is 5.50. The fraction of sp³-hybridized carbons (Fsp3) is 0.188. The van der Waals surface area contributed by atoms with Gasteiger partial charge in [0, 0.05) is 4.47 Å². The van der Waals surface area contributed by atoms with Gasteiger partial charge < -0.3 is 5.32 Å². The Morgan fingerprint density at radius 2 is 1.96 bits per heavy atom. The van der Waals surface area contributed by atoms with Gasteiger partial charge in [0.2, 0.25) is 5.95 Å². The van der Waals surface area contributed by atoms with Crippen LogP contribution in [0.5, 0.6) is 0 Å². The Morgan fingerprint density at radius 3 is 2.74 bits per heavy atom. The third-order valence-electron chi connectivity index (χ3n) is 4.06. The molecule has 2 aromatic carbocycles. The van der Waals surface area contributed by atoms with Gasteiger partial charge in [0.25, 0.3) is 0 Å². The molecule has 0 fully saturated rings. The predicted molar refractivity (Wildman–Crippen MR) is 87.5 cm³/mol. The topological polar surface area (TPSA) is 55.6 Å². The molecule has 0 radical (unpaired) electrons. The molecule has 0 saturated heterocycles. The standard InChI is InChI=1S/C16H13BrFN5/c17-12-3-1-2-11(8-12)14-9-15(10-4-6-13(18)7-5-10)23-16(19-14)20-21-22-23/h1-8,14-15H,9H2,(H,19,20,22). The van der Waals surface area contributed by atoms with Gasteiger partial charge in [-0.05, 0) is 52.2 Å². The molecule has 0 saturated carbocycles. The molecule has 2 heterocycles. The van der Waals surface area contributed by atoms with E-state index in [1.54, 1.807) is 16.8 Å². The van der Waals surface area contributed by atoms with Gasteiger partial charge in [-0.15, -0.1) is 0 Å². The van der Waals surface area contributed by atoms with Crippen LogP contribution in [0.15, 0.2) is 53.0 Å². The summed E-state index contributed by atoms with van der Waals surface area (Å²) in [5, 5.41) is 15.2. The first-order valence-corrected chi connectivity index (χ1v) is 8.05. The van der Waals surface area contributed by atoms with Gasteiger partial charge in [-0.25, -0.2) is 9.07 Å². The summed E-state index contributed by atoms with van der Waals surface area (Å²) in [6.45, 7) is 0. The largest absolute Gasteiger partial charge is 0.346 e. The molecule has 0 amide bonds. The van der Waals surface area contributed by atoms with Crippen LogP contribution in [0.25, 0.3) is 0 Å². The van der Waals surface area contributed by atoms with Crippen LogP contribution in [0.4, 0.5) is 10.3 Å². The molecule has 2 unspecified atom stereocenters. The molecule has 3 aromatic rings. The van der Waals surface area contributed by atoms with E-state index >= 15 is 0 Å². The van der Waals surface area contributed by atoms with Crippen molar-refractivity contribution < 1.29 is 4.39 Å². The first-order valence-electron chi connectivity index (χ1n) is 7.26. The van der Waals surface area contributed by atoms with E-state index in [9.17, 15) is 4.39 Å². The molecule has 1 aliphatic heterocycles. The Labute approximate surface area is 140 Å². The van der Waals surface area contributed by atoms with Gasteiger partial charge in [0.1, 0.15) is 5.82 Å². The Bertz CT molecular complexity index is 832. The van der Waals surface area contributed by atoms with E-state index in [0.717, 1.165) is 22.0 Å². The summed E-state index contributed by atoms with van der Waals surface area (Å²) in [4.78, 5) is 0. The Morgan fingerprint density at radius 1 is 1.13 bits per heavy atom. The van der Waals surface area contributed by atoms with E-state index in [4.69, 9.17) is 0 Å². The maximum Gasteiger partial charge on any atom is 0.243 e. The van der Waals surface area contributed by atoms with Crippen molar-refractivity contribution in [3.8, 4) is 0 Å². The molecule has 0 aliphatic carbocycles. The van der Waals surface area contributed by atoms with Crippen molar-refractivity contribution >= 4 is 21.9 Å². The number of tetrazole rings is 1. The van der Waals surface area contributed by atoms with Crippen molar-refractivity contribution in [3.05, 3.63) is 69.9 Å². The number of nitrogens with one attached hydrogen (secondary N) is 1. The molecule has 0 spiro atoms. The highest BCUT2D eigenvalue weighted by Gasteiger charge is 2.30. The van der Waals surface area contributed by atoms with Crippen molar-refractivity contribution in [3.63, 3.8) is 0 Å². The van der Waals surface area contributed by atoms with Crippen LogP contribution in [0.1, 0.15) is 29.6 Å². The van der Waals surface area contributed by atoms with Crippen molar-refractivity contribution in [2.24, 2.45) is 0 Å². The van der Waals surface area contributed by atoms with Gasteiger partial charge in [-0.3, -0.25) is 0 Å². The highest BCUT2D eigenvalue weighted by Crippen LogP contribution is 2.37. The number of hydrogen-bond acceptors (Lipinski definition) is 4. The van der Waals surface area contributed by atoms with E-state index in [2.05, 4.69) is 48.9 Å². The highest BCUT2D eigenvalue weighted by molar-refractivity contribution is 9.10. The summed E-state index contributed by atoms with van der Waals surface area (Å²) in [5.41, 5.74) is 2.14. The lowest BCUT2D eigenvalue weighted by molar-refractivity contribution is 0.423. The van der Waals surface area contributed by atoms with Gasteiger partial charge in [-0.1, -0.05) is 45.3 Å². The average molecular weight is 374 g/mol. The fourth-order valence-corrected chi connectivity index (χ4v) is 3.36. The zero-order valence-corrected chi connectivity index (χ0v) is 13.6. The molecule has 1 aromatic heterocycles. The number of nitrogens with zero attached hydrogens (tertiary/aromatic N) is 4. The zero-order chi connectivity index (χ0) is 15.8. The van der Waals surface area contributed by atoms with Gasteiger partial charge >= 0.3 is 0 Å². The Kier molecular flexibility index (Phi) is 3.57. The first-order chi connectivity index (χ1) is 11.2. The molecule has 2 atom stereocenters. The van der Waals surface area contributed by atoms with Crippen LogP contribution in [-0.2, 0) is 0 Å². The first kappa shape index (κ1) is 14.3. The number of hydrogen-bond donors (Lipinski definition) is 1. The second-order valence-corrected chi connectivity index (χ2v) is 6.42. The Balaban J connectivity index is 1.73. The zero-order valence-electron chi connectivity index (χ0n) is 12.0. The van der Waals surface area contributed by atoms with Gasteiger partial charge in [-0.2, -0.15) is 0 Å². The summed E-state index contributed by atoms with van der Waals surface area (Å²) in [6, 6.07) is 14.7. The van der Waals surface area contributed by atoms with Crippen LogP contribution in [-0.4, -0.2) is 20.2 Å². The molecule has 4 rings (SSSR count). The smallest absolute Gasteiger partial charge is 0.243 e. The summed E-state index contributed by atoms with van der Waals surface area (Å²) < 4.78 is 16.0. The number of rotatable bonds is 2. The third kappa shape index (κ3) is 2.72. The molecule has 1 aliphatic rings. The predicted octanol–water partition coefficient (Wildman–Crippen LogP) is 3.72. The maximum atomic E-state index is 13.2. The van der Waals surface area contributed by atoms with Crippen LogP contribution in [0, 0.1) is 5.82 Å². The molecule has 116 valence electrons. The molecule has 7 heteroatoms. The van der Waals surface area contributed by atoms with Gasteiger partial charge in [0.05, 0.1) is 12.1 Å². The summed E-state index contributed by atoms with van der Waals surface area (Å²) in [5.74, 6) is 0.374. The minimum absolute atomic E-state index is 0.0363. The van der Waals surface area contributed by atoms with Crippen molar-refractivity contribution in [1.29, 1.82) is 0 Å². The summed E-state index contributed by atoms with van der Waals surface area (Å²) in [6.07, 6.45) is 0.778. The van der Waals surface area contributed by atoms with E-state index in [1.165, 1.54) is 12.1 Å². The number of aromatic nitrogens is 4. The summed E-state index contributed by atoms with van der Waals surface area (Å²) >= 11 is 3.51. The van der Waals surface area contributed by atoms with E-state index < -0.39 is 0 Å². The number of benzene rings is 2. The molecule has 0 bridgehead atoms. The van der Waals surface area contributed by atoms with Crippen LogP contribution in [0.2, 0.25) is 0 Å². The highest BCUT2D eigenvalue weighted by atomic mass is 79.9. The van der Waals surface area contributed by atoms with E-state index in [1.807, 2.05) is 12.1 Å². The normalized spacial score (nSPS) is 19.9. The van der Waals surface area contributed by atoms with E-state index in [-0.39, 0.29) is 17.9 Å². The quantitative estimate of drug-likeness (QED) is 0.743. The van der Waals surface area contributed by atoms with Crippen molar-refractivity contribution in [2.75, 3.05) is 5.32 Å². The lowest BCUT2D eigenvalue weighted by Gasteiger charge is -2.31. The van der Waals surface area contributed by atoms with Crippen LogP contribution >= 0.6 is 15.9 Å². The molecule has 1 N–H and O–H groups in total. The average Bonchev–Trinajstić information content (AvgIpc) is 3.03. The summed E-state index contributed by atoms with van der Waals surface area (Å²) in [7, 11) is 0. The van der Waals surface area contributed by atoms with Crippen LogP contribution < -0.4 is 5.32 Å². The maximum absolute atomic E-state index is 13.2. The minimum atomic E-state index is -0.247. The lowest BCUT2D eigenvalue weighted by atomic mass is 9.93. The number of fused-ring (bicyclic) bond motifs is 1. The Hall–Kier alpha value is -2.28. The molecular formula is C16H13BrFN5. The molecular weight excluding hydrogens is 361 g/mol.